The first-order chi connectivity index (χ1) is 12.6. The summed E-state index contributed by atoms with van der Waals surface area (Å²) < 4.78 is 5.68. The molecule has 0 atom stereocenters. The van der Waals surface area contributed by atoms with Gasteiger partial charge in [-0.2, -0.15) is 0 Å². The first-order valence-electron chi connectivity index (χ1n) is 9.09. The van der Waals surface area contributed by atoms with Gasteiger partial charge >= 0.3 is 0 Å². The van der Waals surface area contributed by atoms with E-state index in [1.165, 1.54) is 0 Å². The SMILES string of the molecule is NC(=O)CN(C(=O)Cc1coc2ccc3ccccc3c12)C1CCCC1. The highest BCUT2D eigenvalue weighted by Crippen LogP contribution is 2.31. The van der Waals surface area contributed by atoms with Gasteiger partial charge in [0, 0.05) is 17.0 Å². The summed E-state index contributed by atoms with van der Waals surface area (Å²) in [6.45, 7) is -0.0139. The van der Waals surface area contributed by atoms with Gasteiger partial charge in [-0.25, -0.2) is 0 Å². The lowest BCUT2D eigenvalue weighted by Crippen LogP contribution is -2.44. The number of rotatable bonds is 5. The number of benzene rings is 2. The first kappa shape index (κ1) is 16.6. The molecule has 1 aromatic heterocycles. The van der Waals surface area contributed by atoms with Gasteiger partial charge in [-0.3, -0.25) is 9.59 Å². The monoisotopic (exact) mass is 350 g/mol. The minimum absolute atomic E-state index is 0.0139. The van der Waals surface area contributed by atoms with E-state index in [4.69, 9.17) is 10.2 Å². The Hall–Kier alpha value is -2.82. The van der Waals surface area contributed by atoms with Gasteiger partial charge in [0.1, 0.15) is 5.58 Å². The Morgan fingerprint density at radius 2 is 1.88 bits per heavy atom. The molecule has 1 saturated carbocycles. The van der Waals surface area contributed by atoms with Crippen LogP contribution >= 0.6 is 0 Å². The van der Waals surface area contributed by atoms with Crippen molar-refractivity contribution in [3.05, 3.63) is 48.2 Å². The minimum Gasteiger partial charge on any atom is -0.464 e. The third-order valence-corrected chi connectivity index (χ3v) is 5.29. The number of furan rings is 1. The van der Waals surface area contributed by atoms with Crippen LogP contribution in [0.2, 0.25) is 0 Å². The Kier molecular flexibility index (Phi) is 4.37. The Labute approximate surface area is 151 Å². The van der Waals surface area contributed by atoms with Crippen molar-refractivity contribution < 1.29 is 14.0 Å². The lowest BCUT2D eigenvalue weighted by Gasteiger charge is -2.27. The molecule has 0 spiro atoms. The summed E-state index contributed by atoms with van der Waals surface area (Å²) in [5.74, 6) is -0.529. The molecule has 2 amide bonds. The predicted octanol–water partition coefficient (Wildman–Crippen LogP) is 3.39. The van der Waals surface area contributed by atoms with Crippen molar-refractivity contribution in [3.63, 3.8) is 0 Å². The topological polar surface area (TPSA) is 76.5 Å². The average Bonchev–Trinajstić information content (AvgIpc) is 3.29. The normalized spacial score (nSPS) is 14.9. The smallest absolute Gasteiger partial charge is 0.237 e. The summed E-state index contributed by atoms with van der Waals surface area (Å²) in [5, 5.41) is 3.16. The van der Waals surface area contributed by atoms with Crippen LogP contribution < -0.4 is 5.73 Å². The fourth-order valence-electron chi connectivity index (χ4n) is 4.07. The molecule has 4 rings (SSSR count). The summed E-state index contributed by atoms with van der Waals surface area (Å²) >= 11 is 0. The van der Waals surface area contributed by atoms with Crippen LogP contribution in [0, 0.1) is 0 Å². The van der Waals surface area contributed by atoms with Crippen LogP contribution in [-0.2, 0) is 16.0 Å². The fourth-order valence-corrected chi connectivity index (χ4v) is 4.07. The molecule has 1 heterocycles. The molecule has 26 heavy (non-hydrogen) atoms. The number of fused-ring (bicyclic) bond motifs is 3. The zero-order valence-electron chi connectivity index (χ0n) is 14.6. The van der Waals surface area contributed by atoms with Gasteiger partial charge in [-0.15, -0.1) is 0 Å². The summed E-state index contributed by atoms with van der Waals surface area (Å²) in [4.78, 5) is 26.1. The molecule has 0 unspecified atom stereocenters. The summed E-state index contributed by atoms with van der Waals surface area (Å²) in [6, 6.07) is 12.1. The molecule has 1 fully saturated rings. The molecule has 0 aliphatic heterocycles. The molecule has 5 nitrogen and oxygen atoms in total. The van der Waals surface area contributed by atoms with Gasteiger partial charge in [0.05, 0.1) is 19.2 Å². The van der Waals surface area contributed by atoms with Crippen molar-refractivity contribution in [1.82, 2.24) is 4.90 Å². The quantitative estimate of drug-likeness (QED) is 0.766. The first-order valence-corrected chi connectivity index (χ1v) is 9.09. The third-order valence-electron chi connectivity index (χ3n) is 5.29. The van der Waals surface area contributed by atoms with Crippen molar-refractivity contribution in [3.8, 4) is 0 Å². The number of nitrogens with two attached hydrogens (primary N) is 1. The number of carbonyl (C=O) groups excluding carboxylic acids is 2. The van der Waals surface area contributed by atoms with E-state index in [0.717, 1.165) is 53.0 Å². The summed E-state index contributed by atoms with van der Waals surface area (Å²) in [5.41, 5.74) is 7.01. The molecule has 3 aromatic rings. The lowest BCUT2D eigenvalue weighted by atomic mass is 10.0. The average molecular weight is 350 g/mol. The van der Waals surface area contributed by atoms with Crippen LogP contribution in [0.3, 0.4) is 0 Å². The van der Waals surface area contributed by atoms with Gasteiger partial charge in [-0.05, 0) is 29.7 Å². The van der Waals surface area contributed by atoms with E-state index in [-0.39, 0.29) is 24.9 Å². The van der Waals surface area contributed by atoms with Gasteiger partial charge < -0.3 is 15.1 Å². The van der Waals surface area contributed by atoms with E-state index in [2.05, 4.69) is 0 Å². The van der Waals surface area contributed by atoms with Gasteiger partial charge in [0.2, 0.25) is 11.8 Å². The molecule has 0 radical (unpaired) electrons. The van der Waals surface area contributed by atoms with Crippen molar-refractivity contribution in [1.29, 1.82) is 0 Å². The standard InChI is InChI=1S/C21H22N2O3/c22-19(24)12-23(16-6-2-3-7-16)20(25)11-15-13-26-18-10-9-14-5-1-4-8-17(14)21(15)18/h1,4-5,8-10,13,16H,2-3,6-7,11-12H2,(H2,22,24). The number of amides is 2. The fraction of sp³-hybridized carbons (Fsp3) is 0.333. The highest BCUT2D eigenvalue weighted by molar-refractivity contribution is 6.08. The van der Waals surface area contributed by atoms with Crippen LogP contribution in [0.25, 0.3) is 21.7 Å². The Balaban J connectivity index is 1.68. The third kappa shape index (κ3) is 3.05. The molecule has 2 aromatic carbocycles. The highest BCUT2D eigenvalue weighted by Gasteiger charge is 2.28. The molecule has 5 heteroatoms. The van der Waals surface area contributed by atoms with Crippen LogP contribution in [0.15, 0.2) is 47.1 Å². The Morgan fingerprint density at radius 1 is 1.12 bits per heavy atom. The lowest BCUT2D eigenvalue weighted by molar-refractivity contribution is -0.136. The van der Waals surface area contributed by atoms with E-state index >= 15 is 0 Å². The predicted molar refractivity (Wildman–Crippen MR) is 101 cm³/mol. The van der Waals surface area contributed by atoms with Crippen molar-refractivity contribution in [2.75, 3.05) is 6.54 Å². The van der Waals surface area contributed by atoms with E-state index in [9.17, 15) is 9.59 Å². The molecule has 0 saturated heterocycles. The minimum atomic E-state index is -0.465. The largest absolute Gasteiger partial charge is 0.464 e. The zero-order chi connectivity index (χ0) is 18.1. The number of hydrogen-bond acceptors (Lipinski definition) is 3. The Bertz CT molecular complexity index is 970. The van der Waals surface area contributed by atoms with Crippen molar-refractivity contribution in [2.45, 2.75) is 38.1 Å². The highest BCUT2D eigenvalue weighted by atomic mass is 16.3. The molecule has 1 aliphatic rings. The van der Waals surface area contributed by atoms with E-state index in [1.807, 2.05) is 36.4 Å². The molecule has 2 N–H and O–H groups in total. The van der Waals surface area contributed by atoms with Crippen molar-refractivity contribution >= 4 is 33.6 Å². The van der Waals surface area contributed by atoms with E-state index in [0.29, 0.717) is 0 Å². The second-order valence-corrected chi connectivity index (χ2v) is 7.02. The zero-order valence-corrected chi connectivity index (χ0v) is 14.6. The molecular formula is C21H22N2O3. The van der Waals surface area contributed by atoms with Crippen molar-refractivity contribution in [2.24, 2.45) is 5.73 Å². The maximum atomic E-state index is 13.0. The second-order valence-electron chi connectivity index (χ2n) is 7.02. The van der Waals surface area contributed by atoms with Gasteiger partial charge in [0.25, 0.3) is 0 Å². The van der Waals surface area contributed by atoms with E-state index in [1.54, 1.807) is 11.2 Å². The summed E-state index contributed by atoms with van der Waals surface area (Å²) in [6.07, 6.45) is 5.93. The van der Waals surface area contributed by atoms with Gasteiger partial charge in [-0.1, -0.05) is 43.2 Å². The maximum absolute atomic E-state index is 13.0. The number of hydrogen-bond donors (Lipinski definition) is 1. The Morgan fingerprint density at radius 3 is 2.65 bits per heavy atom. The maximum Gasteiger partial charge on any atom is 0.237 e. The van der Waals surface area contributed by atoms with Crippen LogP contribution in [-0.4, -0.2) is 29.3 Å². The number of nitrogens with zero attached hydrogens (tertiary/aromatic N) is 1. The second kappa shape index (κ2) is 6.83. The number of primary amides is 1. The molecule has 1 aliphatic carbocycles. The van der Waals surface area contributed by atoms with Gasteiger partial charge in [0.15, 0.2) is 0 Å². The van der Waals surface area contributed by atoms with Crippen LogP contribution in [0.5, 0.6) is 0 Å². The number of carbonyl (C=O) groups is 2. The molecule has 0 bridgehead atoms. The molecule has 134 valence electrons. The molecular weight excluding hydrogens is 328 g/mol. The van der Waals surface area contributed by atoms with Crippen LogP contribution in [0.4, 0.5) is 0 Å². The summed E-state index contributed by atoms with van der Waals surface area (Å²) in [7, 11) is 0. The van der Waals surface area contributed by atoms with E-state index < -0.39 is 5.91 Å². The van der Waals surface area contributed by atoms with Crippen LogP contribution in [0.1, 0.15) is 31.2 Å².